The molecule has 32 heavy (non-hydrogen) atoms. The largest absolute Gasteiger partial charge is 0.441 e. The number of amides is 1. The van der Waals surface area contributed by atoms with Crippen molar-refractivity contribution in [3.8, 4) is 0 Å². The molecule has 2 atom stereocenters. The lowest BCUT2D eigenvalue weighted by Gasteiger charge is -2.29. The van der Waals surface area contributed by atoms with Gasteiger partial charge in [-0.15, -0.1) is 0 Å². The van der Waals surface area contributed by atoms with Crippen molar-refractivity contribution < 1.29 is 9.21 Å². The fraction of sp³-hybridized carbons (Fsp3) is 0.308. The van der Waals surface area contributed by atoms with Crippen LogP contribution < -0.4 is 0 Å². The van der Waals surface area contributed by atoms with Gasteiger partial charge in [0.05, 0.1) is 5.70 Å². The Morgan fingerprint density at radius 2 is 1.81 bits per heavy atom. The van der Waals surface area contributed by atoms with E-state index in [-0.39, 0.29) is 5.91 Å². The summed E-state index contributed by atoms with van der Waals surface area (Å²) < 4.78 is 5.68. The number of oxazole rings is 1. The van der Waals surface area contributed by atoms with Crippen LogP contribution in [0, 0.1) is 18.8 Å². The average molecular weight is 427 g/mol. The van der Waals surface area contributed by atoms with Crippen LogP contribution in [0.3, 0.4) is 0 Å². The molecule has 6 heteroatoms. The zero-order valence-electron chi connectivity index (χ0n) is 18.4. The van der Waals surface area contributed by atoms with Gasteiger partial charge < -0.3 is 14.2 Å². The Morgan fingerprint density at radius 1 is 1.03 bits per heavy atom. The SMILES string of the molecule is Cc1nc2ccc(C3=C\C(=O)N4C=C(N5C[C@H]6CN(C)C[C@H]6C5)C=C\C4=C/C=C/3)cc2o1. The maximum atomic E-state index is 13.3. The minimum Gasteiger partial charge on any atom is -0.441 e. The van der Waals surface area contributed by atoms with Gasteiger partial charge in [-0.25, -0.2) is 4.98 Å². The van der Waals surface area contributed by atoms with E-state index in [1.807, 2.05) is 55.6 Å². The van der Waals surface area contributed by atoms with Crippen LogP contribution in [0.15, 0.2) is 76.7 Å². The molecule has 6 rings (SSSR count). The highest BCUT2D eigenvalue weighted by atomic mass is 16.3. The molecule has 1 aromatic carbocycles. The molecule has 0 unspecified atom stereocenters. The number of likely N-dealkylation sites (tertiary alicyclic amines) is 2. The van der Waals surface area contributed by atoms with Crippen LogP contribution in [0.5, 0.6) is 0 Å². The predicted molar refractivity (Wildman–Crippen MR) is 124 cm³/mol. The van der Waals surface area contributed by atoms with Crippen LogP contribution in [0.1, 0.15) is 11.5 Å². The standard InChI is InChI=1S/C26H26N4O2/c1-17-27-24-9-6-19(10-25(24)32-17)18-4-3-5-22-7-8-23(16-30(22)26(31)11-18)29-14-20-12-28(2)13-21(20)15-29/h3-11,16,20-21H,12-15H2,1-2H3/b4-3+,18-11+,22-5+/t20-,21+. The van der Waals surface area contributed by atoms with E-state index in [0.717, 1.165) is 71.6 Å². The minimum atomic E-state index is -0.0505. The van der Waals surface area contributed by atoms with E-state index in [2.05, 4.69) is 27.9 Å². The maximum Gasteiger partial charge on any atom is 0.255 e. The van der Waals surface area contributed by atoms with Crippen molar-refractivity contribution in [2.75, 3.05) is 33.2 Å². The summed E-state index contributed by atoms with van der Waals surface area (Å²) in [4.78, 5) is 24.3. The fourth-order valence-electron chi connectivity index (χ4n) is 5.35. The molecular weight excluding hydrogens is 400 g/mol. The Labute approximate surface area is 187 Å². The highest BCUT2D eigenvalue weighted by molar-refractivity contribution is 6.00. The van der Waals surface area contributed by atoms with Crippen molar-refractivity contribution in [2.24, 2.45) is 11.8 Å². The second-order valence-electron chi connectivity index (χ2n) is 9.21. The third kappa shape index (κ3) is 3.31. The number of nitrogens with zero attached hydrogens (tertiary/aromatic N) is 4. The molecule has 0 spiro atoms. The molecular formula is C26H26N4O2. The highest BCUT2D eigenvalue weighted by Gasteiger charge is 2.39. The maximum absolute atomic E-state index is 13.3. The first kappa shape index (κ1) is 19.3. The van der Waals surface area contributed by atoms with Crippen molar-refractivity contribution in [3.05, 3.63) is 83.7 Å². The summed E-state index contributed by atoms with van der Waals surface area (Å²) in [6, 6.07) is 5.86. The number of aromatic nitrogens is 1. The van der Waals surface area contributed by atoms with Crippen LogP contribution in [0.4, 0.5) is 0 Å². The van der Waals surface area contributed by atoms with Crippen LogP contribution in [-0.4, -0.2) is 58.8 Å². The summed E-state index contributed by atoms with van der Waals surface area (Å²) in [7, 11) is 2.21. The summed E-state index contributed by atoms with van der Waals surface area (Å²) in [5.74, 6) is 2.03. The van der Waals surface area contributed by atoms with E-state index in [1.165, 1.54) is 0 Å². The molecule has 0 bridgehead atoms. The number of allylic oxidation sites excluding steroid dienone is 6. The highest BCUT2D eigenvalue weighted by Crippen LogP contribution is 2.34. The third-order valence-corrected chi connectivity index (χ3v) is 6.89. The van der Waals surface area contributed by atoms with E-state index in [0.29, 0.717) is 5.89 Å². The third-order valence-electron chi connectivity index (χ3n) is 6.89. The summed E-state index contributed by atoms with van der Waals surface area (Å²) in [5, 5.41) is 0. The van der Waals surface area contributed by atoms with Gasteiger partial charge in [0.1, 0.15) is 5.52 Å². The summed E-state index contributed by atoms with van der Waals surface area (Å²) in [6.07, 6.45) is 13.8. The molecule has 162 valence electrons. The Hall–Kier alpha value is -3.38. The molecule has 1 amide bonds. The van der Waals surface area contributed by atoms with Gasteiger partial charge in [0.25, 0.3) is 5.91 Å². The van der Waals surface area contributed by atoms with Crippen LogP contribution >= 0.6 is 0 Å². The molecule has 1 aromatic heterocycles. The Kier molecular flexibility index (Phi) is 4.43. The zero-order chi connectivity index (χ0) is 21.8. The second-order valence-corrected chi connectivity index (χ2v) is 9.21. The smallest absolute Gasteiger partial charge is 0.255 e. The number of carbonyl (C=O) groups is 1. The first-order valence-corrected chi connectivity index (χ1v) is 11.2. The van der Waals surface area contributed by atoms with E-state index in [9.17, 15) is 4.79 Å². The molecule has 5 heterocycles. The van der Waals surface area contributed by atoms with Gasteiger partial charge in [0.15, 0.2) is 11.5 Å². The van der Waals surface area contributed by atoms with Crippen molar-refractivity contribution in [1.29, 1.82) is 0 Å². The molecule has 6 nitrogen and oxygen atoms in total. The van der Waals surface area contributed by atoms with Crippen LogP contribution in [0.2, 0.25) is 0 Å². The fourth-order valence-corrected chi connectivity index (χ4v) is 5.35. The van der Waals surface area contributed by atoms with Crippen molar-refractivity contribution in [1.82, 2.24) is 19.7 Å². The van der Waals surface area contributed by atoms with Gasteiger partial charge in [-0.2, -0.15) is 0 Å². The number of fused-ring (bicyclic) bond motifs is 3. The lowest BCUT2D eigenvalue weighted by atomic mass is 10.0. The summed E-state index contributed by atoms with van der Waals surface area (Å²) in [6.45, 7) is 6.29. The number of hydrogen-bond acceptors (Lipinski definition) is 5. The minimum absolute atomic E-state index is 0.0505. The lowest BCUT2D eigenvalue weighted by molar-refractivity contribution is -0.122. The van der Waals surface area contributed by atoms with E-state index < -0.39 is 0 Å². The molecule has 4 aliphatic heterocycles. The zero-order valence-corrected chi connectivity index (χ0v) is 18.4. The number of rotatable bonds is 2. The first-order valence-electron chi connectivity index (χ1n) is 11.2. The van der Waals surface area contributed by atoms with Gasteiger partial charge in [-0.3, -0.25) is 9.69 Å². The summed E-state index contributed by atoms with van der Waals surface area (Å²) >= 11 is 0. The quantitative estimate of drug-likeness (QED) is 0.733. The van der Waals surface area contributed by atoms with Gasteiger partial charge in [0.2, 0.25) is 0 Å². The van der Waals surface area contributed by atoms with E-state index >= 15 is 0 Å². The van der Waals surface area contributed by atoms with Gasteiger partial charge in [0, 0.05) is 51.1 Å². The second kappa shape index (κ2) is 7.35. The van der Waals surface area contributed by atoms with Gasteiger partial charge >= 0.3 is 0 Å². The van der Waals surface area contributed by atoms with E-state index in [4.69, 9.17) is 4.42 Å². The number of aryl methyl sites for hydroxylation is 1. The average Bonchev–Trinajstić information content (AvgIpc) is 3.42. The molecule has 4 aliphatic rings. The Morgan fingerprint density at radius 3 is 2.62 bits per heavy atom. The summed E-state index contributed by atoms with van der Waals surface area (Å²) in [5.41, 5.74) is 5.34. The molecule has 0 aliphatic carbocycles. The number of benzene rings is 1. The first-order chi connectivity index (χ1) is 15.5. The van der Waals surface area contributed by atoms with Crippen molar-refractivity contribution in [3.63, 3.8) is 0 Å². The predicted octanol–water partition coefficient (Wildman–Crippen LogP) is 3.71. The number of hydrogen-bond donors (Lipinski definition) is 0. The Balaban J connectivity index is 1.29. The van der Waals surface area contributed by atoms with Gasteiger partial charge in [-0.05, 0) is 60.4 Å². The van der Waals surface area contributed by atoms with Crippen molar-refractivity contribution in [2.45, 2.75) is 6.92 Å². The van der Waals surface area contributed by atoms with E-state index in [1.54, 1.807) is 11.0 Å². The molecule has 0 radical (unpaired) electrons. The number of carbonyl (C=O) groups excluding carboxylic acids is 1. The topological polar surface area (TPSA) is 52.8 Å². The normalized spacial score (nSPS) is 29.7. The van der Waals surface area contributed by atoms with Crippen LogP contribution in [0.25, 0.3) is 16.7 Å². The van der Waals surface area contributed by atoms with Crippen molar-refractivity contribution >= 4 is 22.6 Å². The Bertz CT molecular complexity index is 1250. The molecule has 0 saturated carbocycles. The lowest BCUT2D eigenvalue weighted by Crippen LogP contribution is -2.31. The molecule has 2 fully saturated rings. The molecule has 2 saturated heterocycles. The monoisotopic (exact) mass is 426 g/mol. The van der Waals surface area contributed by atoms with Crippen LogP contribution in [-0.2, 0) is 4.79 Å². The molecule has 2 aromatic rings. The van der Waals surface area contributed by atoms with Gasteiger partial charge in [-0.1, -0.05) is 18.2 Å². The molecule has 0 N–H and O–H groups in total.